The van der Waals surface area contributed by atoms with Gasteiger partial charge in [-0.05, 0) is 30.5 Å². The first kappa shape index (κ1) is 17.7. The number of methoxy groups -OCH3 is 1. The van der Waals surface area contributed by atoms with Gasteiger partial charge in [0.05, 0.1) is 6.61 Å². The highest BCUT2D eigenvalue weighted by molar-refractivity contribution is 5.92. The van der Waals surface area contributed by atoms with Gasteiger partial charge in [0.15, 0.2) is 0 Å². The van der Waals surface area contributed by atoms with Gasteiger partial charge >= 0.3 is 0 Å². The molecule has 1 heterocycles. The molecular formula is C16H29N3O2. The number of rotatable bonds is 9. The topological polar surface area (TPSA) is 60.5 Å². The van der Waals surface area contributed by atoms with Gasteiger partial charge in [-0.15, -0.1) is 0 Å². The highest BCUT2D eigenvalue weighted by Crippen LogP contribution is 2.17. The van der Waals surface area contributed by atoms with Crippen LogP contribution in [0.15, 0.2) is 18.3 Å². The summed E-state index contributed by atoms with van der Waals surface area (Å²) in [4.78, 5) is 14.7. The highest BCUT2D eigenvalue weighted by Gasteiger charge is 2.25. The van der Waals surface area contributed by atoms with E-state index in [1.807, 2.05) is 27.8 Å². The zero-order valence-electron chi connectivity index (χ0n) is 13.8. The lowest BCUT2D eigenvalue weighted by Gasteiger charge is -2.32. The molecule has 0 radical (unpaired) electrons. The molecule has 0 bridgehead atoms. The lowest BCUT2D eigenvalue weighted by Crippen LogP contribution is -2.43. The minimum Gasteiger partial charge on any atom is -0.383 e. The van der Waals surface area contributed by atoms with Crippen LogP contribution in [0, 0.1) is 5.41 Å². The number of hydrogen-bond donors (Lipinski definition) is 1. The minimum atomic E-state index is -0.0746. The number of hydrogen-bond acceptors (Lipinski definition) is 3. The Morgan fingerprint density at radius 1 is 1.48 bits per heavy atom. The lowest BCUT2D eigenvalue weighted by atomic mass is 9.93. The number of carbonyl (C=O) groups excluding carboxylic acids is 1. The quantitative estimate of drug-likeness (QED) is 0.757. The second-order valence-corrected chi connectivity index (χ2v) is 6.17. The van der Waals surface area contributed by atoms with Gasteiger partial charge in [0.1, 0.15) is 5.69 Å². The molecule has 0 spiro atoms. The largest absolute Gasteiger partial charge is 0.383 e. The molecule has 1 aromatic heterocycles. The Labute approximate surface area is 128 Å². The van der Waals surface area contributed by atoms with Crippen LogP contribution in [-0.2, 0) is 11.3 Å². The molecule has 21 heavy (non-hydrogen) atoms. The Balaban J connectivity index is 2.88. The summed E-state index contributed by atoms with van der Waals surface area (Å²) in [5, 5.41) is 0. The second kappa shape index (κ2) is 8.20. The molecule has 1 rings (SSSR count). The van der Waals surface area contributed by atoms with Gasteiger partial charge in [0.25, 0.3) is 5.91 Å². The number of ether oxygens (including phenoxy) is 1. The van der Waals surface area contributed by atoms with E-state index in [0.717, 1.165) is 13.0 Å². The van der Waals surface area contributed by atoms with Crippen molar-refractivity contribution in [3.8, 4) is 0 Å². The van der Waals surface area contributed by atoms with Crippen molar-refractivity contribution in [1.29, 1.82) is 0 Å². The Bertz CT molecular complexity index is 440. The van der Waals surface area contributed by atoms with Crippen LogP contribution in [0.5, 0.6) is 0 Å². The standard InChI is InChI=1S/C16H29N3O2/c1-5-8-19(13-16(2,3)12-17)15(20)14-7-6-9-18(14)10-11-21-4/h6-7,9H,5,8,10-13,17H2,1-4H3. The molecule has 0 aromatic carbocycles. The molecule has 1 aromatic rings. The minimum absolute atomic E-state index is 0.0690. The van der Waals surface area contributed by atoms with Crippen LogP contribution in [-0.4, -0.2) is 48.7 Å². The van der Waals surface area contributed by atoms with Crippen LogP contribution < -0.4 is 5.73 Å². The molecule has 0 aliphatic rings. The predicted molar refractivity (Wildman–Crippen MR) is 85.3 cm³/mol. The van der Waals surface area contributed by atoms with Crippen molar-refractivity contribution >= 4 is 5.91 Å². The second-order valence-electron chi connectivity index (χ2n) is 6.17. The van der Waals surface area contributed by atoms with Gasteiger partial charge < -0.3 is 19.9 Å². The molecule has 2 N–H and O–H groups in total. The van der Waals surface area contributed by atoms with Gasteiger partial charge in [-0.25, -0.2) is 0 Å². The summed E-state index contributed by atoms with van der Waals surface area (Å²) in [5.74, 6) is 0.0690. The summed E-state index contributed by atoms with van der Waals surface area (Å²) in [6.07, 6.45) is 2.86. The highest BCUT2D eigenvalue weighted by atomic mass is 16.5. The molecule has 5 heteroatoms. The average Bonchev–Trinajstić information content (AvgIpc) is 2.92. The fraction of sp³-hybridized carbons (Fsp3) is 0.688. The van der Waals surface area contributed by atoms with Crippen molar-refractivity contribution in [1.82, 2.24) is 9.47 Å². The maximum atomic E-state index is 12.8. The molecule has 0 aliphatic heterocycles. The first-order valence-corrected chi connectivity index (χ1v) is 7.58. The van der Waals surface area contributed by atoms with Crippen molar-refractivity contribution < 1.29 is 9.53 Å². The Hall–Kier alpha value is -1.33. The van der Waals surface area contributed by atoms with E-state index in [2.05, 4.69) is 20.8 Å². The van der Waals surface area contributed by atoms with E-state index in [1.165, 1.54) is 0 Å². The first-order chi connectivity index (χ1) is 9.95. The Morgan fingerprint density at radius 3 is 2.76 bits per heavy atom. The maximum absolute atomic E-state index is 12.8. The fourth-order valence-corrected chi connectivity index (χ4v) is 2.26. The molecule has 5 nitrogen and oxygen atoms in total. The van der Waals surface area contributed by atoms with Gasteiger partial charge in [0.2, 0.25) is 0 Å². The number of nitrogens with two attached hydrogens (primary N) is 1. The summed E-state index contributed by atoms with van der Waals surface area (Å²) in [5.41, 5.74) is 6.45. The normalized spacial score (nSPS) is 11.7. The van der Waals surface area contributed by atoms with Crippen molar-refractivity contribution in [2.45, 2.75) is 33.7 Å². The van der Waals surface area contributed by atoms with Crippen LogP contribution in [0.3, 0.4) is 0 Å². The third kappa shape index (κ3) is 5.17. The Kier molecular flexibility index (Phi) is 6.92. The molecular weight excluding hydrogens is 266 g/mol. The van der Waals surface area contributed by atoms with Crippen molar-refractivity contribution in [2.75, 3.05) is 33.4 Å². The zero-order chi connectivity index (χ0) is 15.9. The Morgan fingerprint density at radius 2 is 2.19 bits per heavy atom. The van der Waals surface area contributed by atoms with E-state index >= 15 is 0 Å². The summed E-state index contributed by atoms with van der Waals surface area (Å²) >= 11 is 0. The molecule has 0 saturated carbocycles. The van der Waals surface area contributed by atoms with Crippen LogP contribution >= 0.6 is 0 Å². The number of nitrogens with zero attached hydrogens (tertiary/aromatic N) is 2. The van der Waals surface area contributed by atoms with Gasteiger partial charge in [-0.1, -0.05) is 20.8 Å². The predicted octanol–water partition coefficient (Wildman–Crippen LogP) is 1.97. The van der Waals surface area contributed by atoms with E-state index in [1.54, 1.807) is 7.11 Å². The van der Waals surface area contributed by atoms with Crippen molar-refractivity contribution in [3.05, 3.63) is 24.0 Å². The molecule has 120 valence electrons. The van der Waals surface area contributed by atoms with Crippen molar-refractivity contribution in [2.24, 2.45) is 11.1 Å². The van der Waals surface area contributed by atoms with E-state index in [9.17, 15) is 4.79 Å². The monoisotopic (exact) mass is 295 g/mol. The maximum Gasteiger partial charge on any atom is 0.270 e. The number of amides is 1. The van der Waals surface area contributed by atoms with E-state index < -0.39 is 0 Å². The summed E-state index contributed by atoms with van der Waals surface area (Å²) in [6.45, 7) is 9.52. The summed E-state index contributed by atoms with van der Waals surface area (Å²) in [7, 11) is 1.66. The van der Waals surface area contributed by atoms with Gasteiger partial charge in [-0.3, -0.25) is 4.79 Å². The van der Waals surface area contributed by atoms with E-state index in [-0.39, 0.29) is 11.3 Å². The summed E-state index contributed by atoms with van der Waals surface area (Å²) < 4.78 is 7.04. The van der Waals surface area contributed by atoms with Crippen LogP contribution in [0.1, 0.15) is 37.7 Å². The molecule has 0 atom stereocenters. The molecule has 0 saturated heterocycles. The third-order valence-corrected chi connectivity index (χ3v) is 3.54. The lowest BCUT2D eigenvalue weighted by molar-refractivity contribution is 0.0676. The van der Waals surface area contributed by atoms with Crippen LogP contribution in [0.25, 0.3) is 0 Å². The van der Waals surface area contributed by atoms with Crippen LogP contribution in [0.4, 0.5) is 0 Å². The van der Waals surface area contributed by atoms with Crippen LogP contribution in [0.2, 0.25) is 0 Å². The van der Waals surface area contributed by atoms with Crippen molar-refractivity contribution in [3.63, 3.8) is 0 Å². The molecule has 0 unspecified atom stereocenters. The zero-order valence-corrected chi connectivity index (χ0v) is 13.8. The first-order valence-electron chi connectivity index (χ1n) is 7.58. The smallest absolute Gasteiger partial charge is 0.270 e. The number of carbonyl (C=O) groups is 1. The average molecular weight is 295 g/mol. The SMILES string of the molecule is CCCN(CC(C)(C)CN)C(=O)c1cccn1CCOC. The van der Waals surface area contributed by atoms with Gasteiger partial charge in [0, 0.05) is 32.9 Å². The van der Waals surface area contributed by atoms with E-state index in [0.29, 0.717) is 31.9 Å². The summed E-state index contributed by atoms with van der Waals surface area (Å²) in [6, 6.07) is 3.77. The molecule has 0 fully saturated rings. The van der Waals surface area contributed by atoms with Gasteiger partial charge in [-0.2, -0.15) is 0 Å². The van der Waals surface area contributed by atoms with E-state index in [4.69, 9.17) is 10.5 Å². The fourth-order valence-electron chi connectivity index (χ4n) is 2.26. The molecule has 0 aliphatic carbocycles. The molecule has 1 amide bonds. The number of aromatic nitrogens is 1. The third-order valence-electron chi connectivity index (χ3n) is 3.54.